The molecule has 1 atom stereocenters. The Balaban J connectivity index is 2.00. The average Bonchev–Trinajstić information content (AvgIpc) is 3.20. The smallest absolute Gasteiger partial charge is 0.324 e. The van der Waals surface area contributed by atoms with Gasteiger partial charge in [-0.2, -0.15) is 13.2 Å². The summed E-state index contributed by atoms with van der Waals surface area (Å²) in [4.78, 5) is 12.2. The first-order valence-corrected chi connectivity index (χ1v) is 11.0. The average molecular weight is 448 g/mol. The second-order valence-corrected chi connectivity index (χ2v) is 9.56. The molecule has 0 fully saturated rings. The van der Waals surface area contributed by atoms with Gasteiger partial charge in [-0.1, -0.05) is 6.92 Å². The lowest BCUT2D eigenvalue weighted by atomic mass is 10.1. The first-order chi connectivity index (χ1) is 13.5. The molecule has 0 aromatic carbocycles. The van der Waals surface area contributed by atoms with E-state index < -0.39 is 27.1 Å². The molecular formula is C17H17ClF3N5O2S. The molecule has 1 aliphatic heterocycles. The van der Waals surface area contributed by atoms with Gasteiger partial charge in [-0.3, -0.25) is 0 Å². The molecule has 0 spiro atoms. The summed E-state index contributed by atoms with van der Waals surface area (Å²) in [7, 11) is -2.11. The summed E-state index contributed by atoms with van der Waals surface area (Å²) in [5, 5.41) is -0.445. The zero-order valence-electron chi connectivity index (χ0n) is 15.5. The van der Waals surface area contributed by atoms with Crippen molar-refractivity contribution in [1.82, 2.24) is 24.1 Å². The fraction of sp³-hybridized carbons (Fsp3) is 0.471. The van der Waals surface area contributed by atoms with Gasteiger partial charge >= 0.3 is 6.18 Å². The van der Waals surface area contributed by atoms with E-state index in [1.165, 1.54) is 11.5 Å². The summed E-state index contributed by atoms with van der Waals surface area (Å²) in [5.41, 5.74) is -0.582. The highest BCUT2D eigenvalue weighted by molar-refractivity contribution is 7.91. The molecule has 0 N–H and O–H groups in total. The van der Waals surface area contributed by atoms with Gasteiger partial charge in [-0.15, -0.1) is 11.6 Å². The molecule has 3 aromatic heterocycles. The lowest BCUT2D eigenvalue weighted by Crippen LogP contribution is -2.18. The van der Waals surface area contributed by atoms with E-state index in [9.17, 15) is 21.6 Å². The fourth-order valence-electron chi connectivity index (χ4n) is 3.52. The number of halogens is 4. The van der Waals surface area contributed by atoms with Crippen LogP contribution in [-0.2, 0) is 29.6 Å². The zero-order valence-corrected chi connectivity index (χ0v) is 17.1. The summed E-state index contributed by atoms with van der Waals surface area (Å²) < 4.78 is 67.8. The van der Waals surface area contributed by atoms with Crippen LogP contribution in [-0.4, -0.2) is 38.3 Å². The molecule has 0 radical (unpaired) electrons. The molecule has 0 saturated carbocycles. The van der Waals surface area contributed by atoms with Crippen molar-refractivity contribution >= 4 is 32.5 Å². The summed E-state index contributed by atoms with van der Waals surface area (Å²) in [6.45, 7) is 1.97. The number of nitrogens with zero attached hydrogens (tertiary/aromatic N) is 5. The van der Waals surface area contributed by atoms with Crippen molar-refractivity contribution in [2.45, 2.75) is 42.9 Å². The van der Waals surface area contributed by atoms with Gasteiger partial charge in [0.05, 0.1) is 28.4 Å². The summed E-state index contributed by atoms with van der Waals surface area (Å²) in [6, 6.07) is 0.840. The summed E-state index contributed by atoms with van der Waals surface area (Å²) >= 11 is 6.36. The van der Waals surface area contributed by atoms with Crippen molar-refractivity contribution < 1.29 is 21.6 Å². The molecule has 0 amide bonds. The Kier molecular flexibility index (Phi) is 4.65. The van der Waals surface area contributed by atoms with Crippen LogP contribution in [0.3, 0.4) is 0 Å². The highest BCUT2D eigenvalue weighted by Crippen LogP contribution is 2.38. The normalized spacial score (nSPS) is 17.7. The van der Waals surface area contributed by atoms with Crippen LogP contribution in [0.4, 0.5) is 13.2 Å². The van der Waals surface area contributed by atoms with Crippen LogP contribution in [0.1, 0.15) is 36.7 Å². The summed E-state index contributed by atoms with van der Waals surface area (Å²) in [5.74, 6) is 0.432. The zero-order chi connectivity index (χ0) is 21.1. The van der Waals surface area contributed by atoms with E-state index in [0.29, 0.717) is 30.7 Å². The Morgan fingerprint density at radius 2 is 2.03 bits per heavy atom. The highest BCUT2D eigenvalue weighted by Gasteiger charge is 2.35. The number of rotatable bonds is 3. The molecule has 1 unspecified atom stereocenters. The molecule has 3 aromatic rings. The number of fused-ring (bicyclic) bond motifs is 2. The molecular weight excluding hydrogens is 431 g/mol. The monoisotopic (exact) mass is 447 g/mol. The Hall–Kier alpha value is -2.14. The minimum absolute atomic E-state index is 0.00256. The van der Waals surface area contributed by atoms with E-state index in [-0.39, 0.29) is 27.8 Å². The number of pyridine rings is 1. The first-order valence-electron chi connectivity index (χ1n) is 8.92. The molecule has 29 heavy (non-hydrogen) atoms. The topological polar surface area (TPSA) is 82.7 Å². The van der Waals surface area contributed by atoms with E-state index in [4.69, 9.17) is 11.6 Å². The molecule has 7 nitrogen and oxygen atoms in total. The van der Waals surface area contributed by atoms with E-state index in [0.717, 1.165) is 12.3 Å². The van der Waals surface area contributed by atoms with Gasteiger partial charge in [-0.25, -0.2) is 23.4 Å². The number of aryl methyl sites for hydroxylation is 1. The van der Waals surface area contributed by atoms with Crippen molar-refractivity contribution in [2.75, 3.05) is 5.75 Å². The molecule has 0 aliphatic carbocycles. The van der Waals surface area contributed by atoms with Gasteiger partial charge in [0.25, 0.3) is 0 Å². The SMILES string of the molecule is CCS(=O)(=O)c1c(-c2nc3cc(C(F)(F)F)ncc3n2C)nc2n1CCCC2Cl. The van der Waals surface area contributed by atoms with E-state index in [2.05, 4.69) is 15.0 Å². The summed E-state index contributed by atoms with van der Waals surface area (Å²) in [6.07, 6.45) is -2.18. The number of hydrogen-bond acceptors (Lipinski definition) is 5. The number of aromatic nitrogens is 5. The van der Waals surface area contributed by atoms with Crippen molar-refractivity contribution in [1.29, 1.82) is 0 Å². The maximum atomic E-state index is 13.0. The van der Waals surface area contributed by atoms with Crippen LogP contribution in [0.25, 0.3) is 22.6 Å². The van der Waals surface area contributed by atoms with Crippen molar-refractivity contribution in [2.24, 2.45) is 7.05 Å². The standard InChI is InChI=1S/C17H17ClF3N5O2S/c1-3-29(27,28)16-13(24-14-9(18)5-4-6-26(14)16)15-23-10-7-12(17(19,20)21)22-8-11(10)25(15)2/h7-9H,3-6H2,1-2H3. The lowest BCUT2D eigenvalue weighted by molar-refractivity contribution is -0.141. The minimum atomic E-state index is -4.61. The second-order valence-electron chi connectivity index (χ2n) is 6.84. The number of alkyl halides is 4. The third-order valence-electron chi connectivity index (χ3n) is 5.01. The van der Waals surface area contributed by atoms with E-state index in [1.54, 1.807) is 11.6 Å². The van der Waals surface area contributed by atoms with Gasteiger partial charge < -0.3 is 9.13 Å². The first kappa shape index (κ1) is 20.1. The number of hydrogen-bond donors (Lipinski definition) is 0. The van der Waals surface area contributed by atoms with Crippen LogP contribution in [0, 0.1) is 0 Å². The second kappa shape index (κ2) is 6.69. The highest BCUT2D eigenvalue weighted by atomic mass is 35.5. The minimum Gasteiger partial charge on any atom is -0.324 e. The van der Waals surface area contributed by atoms with Gasteiger partial charge in [0, 0.05) is 13.6 Å². The predicted molar refractivity (Wildman–Crippen MR) is 100 cm³/mol. The van der Waals surface area contributed by atoms with Gasteiger partial charge in [-0.05, 0) is 18.9 Å². The Labute approximate surface area is 169 Å². The molecule has 4 heterocycles. The fourth-order valence-corrected chi connectivity index (χ4v) is 5.07. The third-order valence-corrected chi connectivity index (χ3v) is 7.19. The third kappa shape index (κ3) is 3.20. The van der Waals surface area contributed by atoms with Crippen LogP contribution < -0.4 is 0 Å². The quantitative estimate of drug-likeness (QED) is 0.571. The molecule has 0 bridgehead atoms. The molecule has 156 valence electrons. The van der Waals surface area contributed by atoms with E-state index >= 15 is 0 Å². The van der Waals surface area contributed by atoms with Crippen LogP contribution in [0.2, 0.25) is 0 Å². The molecule has 4 rings (SSSR count). The lowest BCUT2D eigenvalue weighted by Gasteiger charge is -2.19. The van der Waals surface area contributed by atoms with Gasteiger partial charge in [0.15, 0.2) is 20.7 Å². The number of sulfone groups is 1. The van der Waals surface area contributed by atoms with Crippen molar-refractivity contribution in [3.05, 3.63) is 23.8 Å². The number of imidazole rings is 2. The van der Waals surface area contributed by atoms with Crippen LogP contribution in [0.15, 0.2) is 17.3 Å². The Morgan fingerprint density at radius 3 is 2.69 bits per heavy atom. The van der Waals surface area contributed by atoms with Gasteiger partial charge in [0.1, 0.15) is 17.2 Å². The maximum Gasteiger partial charge on any atom is 0.433 e. The maximum absolute atomic E-state index is 13.0. The molecule has 12 heteroatoms. The van der Waals surface area contributed by atoms with Crippen LogP contribution in [0.5, 0.6) is 0 Å². The van der Waals surface area contributed by atoms with Gasteiger partial charge in [0.2, 0.25) is 0 Å². The largest absolute Gasteiger partial charge is 0.433 e. The van der Waals surface area contributed by atoms with E-state index in [1.807, 2.05) is 0 Å². The molecule has 0 saturated heterocycles. The van der Waals surface area contributed by atoms with Crippen LogP contribution >= 0.6 is 11.6 Å². The van der Waals surface area contributed by atoms with Crippen molar-refractivity contribution in [3.8, 4) is 11.5 Å². The van der Waals surface area contributed by atoms with Crippen molar-refractivity contribution in [3.63, 3.8) is 0 Å². The Morgan fingerprint density at radius 1 is 1.31 bits per heavy atom. The molecule has 1 aliphatic rings. The Bertz CT molecular complexity index is 1220. The predicted octanol–water partition coefficient (Wildman–Crippen LogP) is 3.72.